The summed E-state index contributed by atoms with van der Waals surface area (Å²) < 4.78 is 0. The van der Waals surface area contributed by atoms with Gasteiger partial charge in [0.05, 0.1) is 34.2 Å². The topological polar surface area (TPSA) is 170 Å². The van der Waals surface area contributed by atoms with Crippen LogP contribution in [0.4, 0.5) is 22.9 Å². The molecule has 2 rings (SSSR count). The summed E-state index contributed by atoms with van der Waals surface area (Å²) in [7, 11) is 0. The third-order valence-electron chi connectivity index (χ3n) is 2.74. The lowest BCUT2D eigenvalue weighted by atomic mass is 10.2. The molecular formula is C10H8N6O6. The largest absolute Gasteiger partial charge is 0.375 e. The van der Waals surface area contributed by atoms with E-state index < -0.39 is 26.1 Å². The molecule has 0 radical (unpaired) electrons. The Morgan fingerprint density at radius 3 is 2.41 bits per heavy atom. The molecular weight excluding hydrogens is 300 g/mol. The molecule has 114 valence electrons. The number of nitrogens with zero attached hydrogens (tertiary/aromatic N) is 4. The number of hydrogen-bond acceptors (Lipinski definition) is 8. The van der Waals surface area contributed by atoms with Crippen molar-refractivity contribution in [3.8, 4) is 0 Å². The fraction of sp³-hybridized carbons (Fsp3) is 0.100. The van der Waals surface area contributed by atoms with Gasteiger partial charge >= 0.3 is 5.82 Å². The number of anilines is 1. The van der Waals surface area contributed by atoms with Crippen molar-refractivity contribution in [3.63, 3.8) is 0 Å². The molecule has 2 N–H and O–H groups in total. The van der Waals surface area contributed by atoms with Gasteiger partial charge in [0.1, 0.15) is 5.69 Å². The maximum atomic E-state index is 10.9. The SMILES string of the molecule is O=[N+]([O-])c1ccc(NCc2cn[nH]c2[N+](=O)[O-])c([N+](=O)[O-])c1. The van der Waals surface area contributed by atoms with Crippen molar-refractivity contribution < 1.29 is 14.8 Å². The number of aromatic nitrogens is 2. The molecule has 1 aromatic carbocycles. The average molecular weight is 308 g/mol. The summed E-state index contributed by atoms with van der Waals surface area (Å²) in [5, 5.41) is 40.6. The van der Waals surface area contributed by atoms with E-state index in [-0.39, 0.29) is 23.6 Å². The van der Waals surface area contributed by atoms with E-state index in [2.05, 4.69) is 15.5 Å². The molecule has 0 bridgehead atoms. The van der Waals surface area contributed by atoms with Gasteiger partial charge in [-0.2, -0.15) is 0 Å². The zero-order chi connectivity index (χ0) is 16.3. The summed E-state index contributed by atoms with van der Waals surface area (Å²) in [5.41, 5.74) is -0.726. The first-order chi connectivity index (χ1) is 10.4. The van der Waals surface area contributed by atoms with E-state index in [1.54, 1.807) is 0 Å². The van der Waals surface area contributed by atoms with Crippen LogP contribution in [0.25, 0.3) is 0 Å². The van der Waals surface area contributed by atoms with E-state index in [4.69, 9.17) is 0 Å². The summed E-state index contributed by atoms with van der Waals surface area (Å²) in [6.45, 7) is -0.106. The predicted octanol–water partition coefficient (Wildman–Crippen LogP) is 1.75. The van der Waals surface area contributed by atoms with Crippen LogP contribution in [0.3, 0.4) is 0 Å². The molecule has 1 aromatic heterocycles. The van der Waals surface area contributed by atoms with E-state index in [1.165, 1.54) is 12.3 Å². The second-order valence-electron chi connectivity index (χ2n) is 4.07. The smallest absolute Gasteiger partial charge is 0.347 e. The van der Waals surface area contributed by atoms with E-state index >= 15 is 0 Å². The van der Waals surface area contributed by atoms with Gasteiger partial charge in [-0.25, -0.2) is 0 Å². The third-order valence-corrected chi connectivity index (χ3v) is 2.74. The highest BCUT2D eigenvalue weighted by Crippen LogP contribution is 2.29. The van der Waals surface area contributed by atoms with Crippen molar-refractivity contribution in [2.75, 3.05) is 5.32 Å². The Kier molecular flexibility index (Phi) is 3.92. The second kappa shape index (κ2) is 5.82. The summed E-state index contributed by atoms with van der Waals surface area (Å²) in [6.07, 6.45) is 1.21. The van der Waals surface area contributed by atoms with E-state index in [0.717, 1.165) is 12.1 Å². The lowest BCUT2D eigenvalue weighted by Crippen LogP contribution is -2.04. The van der Waals surface area contributed by atoms with E-state index in [9.17, 15) is 30.3 Å². The molecule has 0 aliphatic rings. The first-order valence-corrected chi connectivity index (χ1v) is 5.73. The Labute approximate surface area is 121 Å². The number of benzene rings is 1. The highest BCUT2D eigenvalue weighted by atomic mass is 16.6. The maximum absolute atomic E-state index is 10.9. The van der Waals surface area contributed by atoms with Crippen LogP contribution in [0.15, 0.2) is 24.4 Å². The van der Waals surface area contributed by atoms with Crippen LogP contribution in [-0.2, 0) is 6.54 Å². The molecule has 0 fully saturated rings. The van der Waals surface area contributed by atoms with Gasteiger partial charge in [-0.1, -0.05) is 5.10 Å². The van der Waals surface area contributed by atoms with Crippen LogP contribution >= 0.6 is 0 Å². The summed E-state index contributed by atoms with van der Waals surface area (Å²) in [4.78, 5) is 30.1. The molecule has 0 saturated carbocycles. The Bertz CT molecular complexity index is 756. The van der Waals surface area contributed by atoms with Crippen LogP contribution in [0, 0.1) is 30.3 Å². The fourth-order valence-corrected chi connectivity index (χ4v) is 1.72. The highest BCUT2D eigenvalue weighted by Gasteiger charge is 2.21. The van der Waals surface area contributed by atoms with Gasteiger partial charge in [-0.15, -0.1) is 5.10 Å². The molecule has 22 heavy (non-hydrogen) atoms. The Hall–Kier alpha value is -3.57. The number of hydrogen-bond donors (Lipinski definition) is 2. The van der Waals surface area contributed by atoms with E-state index in [1.807, 2.05) is 0 Å². The molecule has 0 atom stereocenters. The van der Waals surface area contributed by atoms with Crippen molar-refractivity contribution in [1.82, 2.24) is 10.2 Å². The second-order valence-corrected chi connectivity index (χ2v) is 4.07. The first-order valence-electron chi connectivity index (χ1n) is 5.73. The van der Waals surface area contributed by atoms with Crippen molar-refractivity contribution >= 4 is 22.9 Å². The zero-order valence-corrected chi connectivity index (χ0v) is 10.8. The number of nitro groups is 3. The summed E-state index contributed by atoms with van der Waals surface area (Å²) in [6, 6.07) is 3.08. The molecule has 0 saturated heterocycles. The standard InChI is InChI=1S/C10H8N6O6/c17-14(18)7-1-2-8(9(3-7)15(19)20)11-4-6-5-12-13-10(6)16(21)22/h1-3,5,11H,4H2,(H,12,13). The number of rotatable bonds is 6. The molecule has 12 heteroatoms. The molecule has 0 unspecified atom stereocenters. The van der Waals surface area contributed by atoms with Crippen molar-refractivity contribution in [2.24, 2.45) is 0 Å². The monoisotopic (exact) mass is 308 g/mol. The van der Waals surface area contributed by atoms with Gasteiger partial charge in [0.25, 0.3) is 11.4 Å². The van der Waals surface area contributed by atoms with Gasteiger partial charge < -0.3 is 15.4 Å². The van der Waals surface area contributed by atoms with Gasteiger partial charge in [0.15, 0.2) is 0 Å². The molecule has 0 aliphatic carbocycles. The maximum Gasteiger partial charge on any atom is 0.347 e. The minimum absolute atomic E-state index is 0.00565. The minimum Gasteiger partial charge on any atom is -0.375 e. The van der Waals surface area contributed by atoms with Crippen LogP contribution < -0.4 is 5.32 Å². The molecule has 1 heterocycles. The quantitative estimate of drug-likeness (QED) is 0.600. The molecule has 0 amide bonds. The van der Waals surface area contributed by atoms with Crippen LogP contribution in [0.5, 0.6) is 0 Å². The van der Waals surface area contributed by atoms with Gasteiger partial charge in [0.2, 0.25) is 0 Å². The Balaban J connectivity index is 2.26. The number of nitrogens with one attached hydrogen (secondary N) is 2. The summed E-state index contributed by atoms with van der Waals surface area (Å²) >= 11 is 0. The molecule has 0 spiro atoms. The third kappa shape index (κ3) is 2.95. The fourth-order valence-electron chi connectivity index (χ4n) is 1.72. The van der Waals surface area contributed by atoms with Gasteiger partial charge in [0, 0.05) is 6.07 Å². The molecule has 0 aliphatic heterocycles. The summed E-state index contributed by atoms with van der Waals surface area (Å²) in [5.74, 6) is -0.336. The zero-order valence-electron chi connectivity index (χ0n) is 10.8. The van der Waals surface area contributed by atoms with Crippen molar-refractivity contribution in [1.29, 1.82) is 0 Å². The average Bonchev–Trinajstić information content (AvgIpc) is 2.93. The van der Waals surface area contributed by atoms with Crippen LogP contribution in [-0.4, -0.2) is 25.0 Å². The molecule has 2 aromatic rings. The van der Waals surface area contributed by atoms with E-state index in [0.29, 0.717) is 0 Å². The molecule has 12 nitrogen and oxygen atoms in total. The van der Waals surface area contributed by atoms with Gasteiger partial charge in [-0.3, -0.25) is 20.2 Å². The van der Waals surface area contributed by atoms with Crippen molar-refractivity contribution in [3.05, 3.63) is 60.3 Å². The number of non-ortho nitro benzene ring substituents is 1. The first kappa shape index (κ1) is 14.8. The van der Waals surface area contributed by atoms with Crippen LogP contribution in [0.2, 0.25) is 0 Å². The normalized spacial score (nSPS) is 10.2. The van der Waals surface area contributed by atoms with Crippen LogP contribution in [0.1, 0.15) is 5.56 Å². The lowest BCUT2D eigenvalue weighted by Gasteiger charge is -2.05. The minimum atomic E-state index is -0.779. The number of aromatic amines is 1. The Morgan fingerprint density at radius 1 is 1.09 bits per heavy atom. The van der Waals surface area contributed by atoms with Gasteiger partial charge in [-0.05, 0) is 11.0 Å². The highest BCUT2D eigenvalue weighted by molar-refractivity contribution is 5.65. The Morgan fingerprint density at radius 2 is 1.82 bits per heavy atom. The van der Waals surface area contributed by atoms with Crippen molar-refractivity contribution in [2.45, 2.75) is 6.54 Å². The number of H-pyrrole nitrogens is 1. The number of nitro benzene ring substituents is 2. The predicted molar refractivity (Wildman–Crippen MR) is 72.3 cm³/mol. The lowest BCUT2D eigenvalue weighted by molar-refractivity contribution is -0.393.